The number of benzene rings is 2. The van der Waals surface area contributed by atoms with Gasteiger partial charge in [-0.05, 0) is 60.1 Å². The molecule has 0 saturated heterocycles. The van der Waals surface area contributed by atoms with Gasteiger partial charge in [0.1, 0.15) is 12.1 Å². The number of carbonyl (C=O) groups excluding carboxylic acids is 4. The van der Waals surface area contributed by atoms with Crippen LogP contribution in [0.15, 0.2) is 110 Å². The number of carbonyl (C=O) groups is 4. The summed E-state index contributed by atoms with van der Waals surface area (Å²) in [6, 6.07) is 21.7. The summed E-state index contributed by atoms with van der Waals surface area (Å²) in [7, 11) is 0. The van der Waals surface area contributed by atoms with E-state index in [1.807, 2.05) is 88.4 Å². The van der Waals surface area contributed by atoms with Gasteiger partial charge >= 0.3 is 0 Å². The first-order valence-corrected chi connectivity index (χ1v) is 16.8. The molecule has 4 rings (SSSR count). The quantitative estimate of drug-likeness (QED) is 0.121. The molecule has 11 heteroatoms. The van der Waals surface area contributed by atoms with E-state index in [-0.39, 0.29) is 24.7 Å². The first kappa shape index (κ1) is 37.4. The number of amides is 4. The summed E-state index contributed by atoms with van der Waals surface area (Å²) in [5.74, 6) is -2.44. The molecule has 0 spiro atoms. The maximum Gasteiger partial charge on any atom is 0.253 e. The fraction of sp³-hybridized carbons (Fsp3) is 0.333. The van der Waals surface area contributed by atoms with Gasteiger partial charge in [-0.15, -0.1) is 0 Å². The Morgan fingerprint density at radius 2 is 0.940 bits per heavy atom. The first-order chi connectivity index (χ1) is 24.0. The minimum Gasteiger partial charge on any atom is -0.389 e. The van der Waals surface area contributed by atoms with E-state index in [2.05, 4.69) is 31.2 Å². The van der Waals surface area contributed by atoms with Crippen LogP contribution >= 0.6 is 0 Å². The number of hydrogen-bond acceptors (Lipinski definition) is 7. The average molecular weight is 679 g/mol. The number of nitrogens with one attached hydrogen (secondary N) is 4. The lowest BCUT2D eigenvalue weighted by Crippen LogP contribution is -2.61. The fourth-order valence-electron chi connectivity index (χ4n) is 5.59. The number of aromatic nitrogens is 2. The average Bonchev–Trinajstić information content (AvgIpc) is 3.13. The van der Waals surface area contributed by atoms with Crippen LogP contribution in [-0.4, -0.2) is 69.0 Å². The molecule has 0 radical (unpaired) electrons. The van der Waals surface area contributed by atoms with Crippen molar-refractivity contribution < 1.29 is 24.3 Å². The van der Waals surface area contributed by atoms with Crippen LogP contribution in [0.4, 0.5) is 0 Å². The Kier molecular flexibility index (Phi) is 13.7. The van der Waals surface area contributed by atoms with Crippen LogP contribution in [0.25, 0.3) is 0 Å². The Hall–Kier alpha value is -5.42. The highest BCUT2D eigenvalue weighted by atomic mass is 16.3. The lowest BCUT2D eigenvalue weighted by molar-refractivity contribution is -0.126. The van der Waals surface area contributed by atoms with Gasteiger partial charge < -0.3 is 26.4 Å². The summed E-state index contributed by atoms with van der Waals surface area (Å²) >= 11 is 0. The summed E-state index contributed by atoms with van der Waals surface area (Å²) in [6.45, 7) is 7.28. The standard InChI is InChI=1S/C39H46N6O5/c1-25(2)33(44-36(47)29-17-11-19-40-23-29)38(49)42-31(21-27-13-7-5-8-14-27)35(46)32(22-28-15-9-6-10-16-28)43-39(50)34(26(3)4)45-37(48)30-18-12-20-41-24-30/h5-20,23-26,31-35,46H,21-22H2,1-4H3,(H,42,49)(H,43,50)(H,44,47)(H,45,48)/t31?,32?,33-,34-,35?/m0/s1. The van der Waals surface area contributed by atoms with Gasteiger partial charge in [-0.25, -0.2) is 0 Å². The van der Waals surface area contributed by atoms with Crippen LogP contribution < -0.4 is 21.3 Å². The van der Waals surface area contributed by atoms with E-state index >= 15 is 0 Å². The number of aliphatic hydroxyl groups is 1. The summed E-state index contributed by atoms with van der Waals surface area (Å²) in [5, 5.41) is 23.8. The fourth-order valence-corrected chi connectivity index (χ4v) is 5.59. The number of aliphatic hydroxyl groups excluding tert-OH is 1. The van der Waals surface area contributed by atoms with Gasteiger partial charge in [0.05, 0.1) is 29.3 Å². The molecule has 0 saturated carbocycles. The molecule has 50 heavy (non-hydrogen) atoms. The van der Waals surface area contributed by atoms with Crippen molar-refractivity contribution in [2.75, 3.05) is 0 Å². The zero-order chi connectivity index (χ0) is 36.0. The second-order valence-corrected chi connectivity index (χ2v) is 13.0. The van der Waals surface area contributed by atoms with Crippen LogP contribution in [0.3, 0.4) is 0 Å². The molecule has 5 N–H and O–H groups in total. The van der Waals surface area contributed by atoms with Crippen molar-refractivity contribution in [3.05, 3.63) is 132 Å². The molecule has 4 amide bonds. The number of pyridine rings is 2. The Balaban J connectivity index is 1.62. The Bertz CT molecular complexity index is 1550. The molecule has 2 unspecified atom stereocenters. The van der Waals surface area contributed by atoms with E-state index in [9.17, 15) is 24.3 Å². The molecule has 2 heterocycles. The molecule has 0 aliphatic heterocycles. The second kappa shape index (κ2) is 18.4. The van der Waals surface area contributed by atoms with Crippen LogP contribution in [0.1, 0.15) is 59.5 Å². The van der Waals surface area contributed by atoms with Crippen molar-refractivity contribution in [3.63, 3.8) is 0 Å². The van der Waals surface area contributed by atoms with Crippen LogP contribution in [-0.2, 0) is 22.4 Å². The molecule has 11 nitrogen and oxygen atoms in total. The molecular weight excluding hydrogens is 632 g/mol. The third-order valence-electron chi connectivity index (χ3n) is 8.40. The molecule has 2 aromatic carbocycles. The molecule has 0 fully saturated rings. The van der Waals surface area contributed by atoms with Gasteiger partial charge in [0.25, 0.3) is 11.8 Å². The highest BCUT2D eigenvalue weighted by Gasteiger charge is 2.35. The minimum atomic E-state index is -1.29. The number of hydrogen-bond donors (Lipinski definition) is 5. The summed E-state index contributed by atoms with van der Waals surface area (Å²) in [5.41, 5.74) is 2.33. The molecule has 2 aromatic heterocycles. The highest BCUT2D eigenvalue weighted by molar-refractivity contribution is 5.98. The van der Waals surface area contributed by atoms with Crippen LogP contribution in [0.2, 0.25) is 0 Å². The van der Waals surface area contributed by atoms with E-state index < -0.39 is 53.9 Å². The summed E-state index contributed by atoms with van der Waals surface area (Å²) < 4.78 is 0. The number of rotatable bonds is 16. The van der Waals surface area contributed by atoms with Crippen molar-refractivity contribution in [2.24, 2.45) is 11.8 Å². The maximum atomic E-state index is 13.9. The zero-order valence-electron chi connectivity index (χ0n) is 28.8. The molecule has 0 bridgehead atoms. The van der Waals surface area contributed by atoms with Gasteiger partial charge in [-0.1, -0.05) is 88.4 Å². The van der Waals surface area contributed by atoms with Gasteiger partial charge in [-0.3, -0.25) is 29.1 Å². The SMILES string of the molecule is CC(C)[C@H](NC(=O)c1cccnc1)C(=O)NC(Cc1ccccc1)C(O)C(Cc1ccccc1)NC(=O)[C@@H](NC(=O)c1cccnc1)C(C)C. The molecular formula is C39H46N6O5. The summed E-state index contributed by atoms with van der Waals surface area (Å²) in [6.07, 6.45) is 5.15. The van der Waals surface area contributed by atoms with Crippen molar-refractivity contribution >= 4 is 23.6 Å². The lowest BCUT2D eigenvalue weighted by atomic mass is 9.91. The minimum absolute atomic E-state index is 0.238. The van der Waals surface area contributed by atoms with Crippen LogP contribution in [0.5, 0.6) is 0 Å². The van der Waals surface area contributed by atoms with E-state index in [1.165, 1.54) is 12.4 Å². The normalized spacial score (nSPS) is 14.1. The molecule has 262 valence electrons. The highest BCUT2D eigenvalue weighted by Crippen LogP contribution is 2.16. The van der Waals surface area contributed by atoms with Crippen molar-refractivity contribution in [3.8, 4) is 0 Å². The Morgan fingerprint density at radius 1 is 0.560 bits per heavy atom. The molecule has 4 atom stereocenters. The predicted octanol–water partition coefficient (Wildman–Crippen LogP) is 3.50. The number of nitrogens with zero attached hydrogens (tertiary/aromatic N) is 2. The van der Waals surface area contributed by atoms with E-state index in [4.69, 9.17) is 0 Å². The molecule has 0 aliphatic carbocycles. The van der Waals surface area contributed by atoms with E-state index in [0.29, 0.717) is 11.1 Å². The second-order valence-electron chi connectivity index (χ2n) is 13.0. The van der Waals surface area contributed by atoms with Gasteiger partial charge in [-0.2, -0.15) is 0 Å². The third kappa shape index (κ3) is 10.8. The van der Waals surface area contributed by atoms with Crippen molar-refractivity contribution in [1.82, 2.24) is 31.2 Å². The predicted molar refractivity (Wildman–Crippen MR) is 191 cm³/mol. The van der Waals surface area contributed by atoms with E-state index in [1.54, 1.807) is 36.7 Å². The Labute approximate surface area is 293 Å². The largest absolute Gasteiger partial charge is 0.389 e. The zero-order valence-corrected chi connectivity index (χ0v) is 28.8. The third-order valence-corrected chi connectivity index (χ3v) is 8.40. The topological polar surface area (TPSA) is 162 Å². The van der Waals surface area contributed by atoms with Crippen molar-refractivity contribution in [2.45, 2.75) is 70.8 Å². The monoisotopic (exact) mass is 678 g/mol. The Morgan fingerprint density at radius 3 is 1.26 bits per heavy atom. The van der Waals surface area contributed by atoms with Gasteiger partial charge in [0, 0.05) is 24.8 Å². The van der Waals surface area contributed by atoms with Crippen LogP contribution in [0, 0.1) is 11.8 Å². The maximum absolute atomic E-state index is 13.9. The van der Waals surface area contributed by atoms with Crippen molar-refractivity contribution in [1.29, 1.82) is 0 Å². The lowest BCUT2D eigenvalue weighted by Gasteiger charge is -2.34. The van der Waals surface area contributed by atoms with Gasteiger partial charge in [0.15, 0.2) is 0 Å². The van der Waals surface area contributed by atoms with E-state index in [0.717, 1.165) is 11.1 Å². The molecule has 4 aromatic rings. The van der Waals surface area contributed by atoms with Gasteiger partial charge in [0.2, 0.25) is 11.8 Å². The summed E-state index contributed by atoms with van der Waals surface area (Å²) in [4.78, 5) is 61.9. The first-order valence-electron chi connectivity index (χ1n) is 16.8. The molecule has 0 aliphatic rings. The smallest absolute Gasteiger partial charge is 0.253 e.